The third kappa shape index (κ3) is 0.948. The fraction of sp³-hybridized carbons (Fsp3) is 0.500. The van der Waals surface area contributed by atoms with Gasteiger partial charge in [0.15, 0.2) is 0 Å². The summed E-state index contributed by atoms with van der Waals surface area (Å²) in [6.45, 7) is 1.08. The number of hydrazine groups is 1. The van der Waals surface area contributed by atoms with Crippen LogP contribution in [0.15, 0.2) is 23.4 Å². The maximum absolute atomic E-state index is 3.16. The van der Waals surface area contributed by atoms with Crippen LogP contribution in [-0.2, 0) is 0 Å². The third-order valence-corrected chi connectivity index (χ3v) is 2.05. The minimum Gasteiger partial charge on any atom is -0.322 e. The molecule has 10 heavy (non-hydrogen) atoms. The van der Waals surface area contributed by atoms with Gasteiger partial charge in [-0.1, -0.05) is 6.08 Å². The summed E-state index contributed by atoms with van der Waals surface area (Å²) in [5, 5.41) is 0. The lowest BCUT2D eigenvalue weighted by Crippen LogP contribution is -2.36. The molecule has 2 rings (SSSR count). The minimum absolute atomic E-state index is 1.08. The molecule has 0 radical (unpaired) electrons. The summed E-state index contributed by atoms with van der Waals surface area (Å²) in [7, 11) is 0. The molecule has 0 saturated carbocycles. The van der Waals surface area contributed by atoms with Gasteiger partial charge in [0.1, 0.15) is 0 Å². The van der Waals surface area contributed by atoms with Crippen LogP contribution >= 0.6 is 0 Å². The summed E-state index contributed by atoms with van der Waals surface area (Å²) in [6.07, 6.45) is 8.08. The van der Waals surface area contributed by atoms with Crippen LogP contribution in [-0.4, -0.2) is 6.54 Å². The summed E-state index contributed by atoms with van der Waals surface area (Å²) < 4.78 is 0. The number of nitrogens with one attached hydrogen (secondary N) is 2. The van der Waals surface area contributed by atoms with E-state index in [9.17, 15) is 0 Å². The molecule has 0 aromatic heterocycles. The first-order valence-electron chi connectivity index (χ1n) is 3.84. The van der Waals surface area contributed by atoms with Crippen molar-refractivity contribution in [3.05, 3.63) is 23.4 Å². The Hall–Kier alpha value is -0.760. The molecule has 0 amide bonds. The number of hydrogen-bond acceptors (Lipinski definition) is 2. The van der Waals surface area contributed by atoms with Crippen LogP contribution < -0.4 is 10.9 Å². The summed E-state index contributed by atoms with van der Waals surface area (Å²) in [4.78, 5) is 0. The quantitative estimate of drug-likeness (QED) is 0.521. The van der Waals surface area contributed by atoms with Crippen LogP contribution in [0.2, 0.25) is 0 Å². The highest BCUT2D eigenvalue weighted by atomic mass is 15.4. The van der Waals surface area contributed by atoms with Crippen molar-refractivity contribution in [3.63, 3.8) is 0 Å². The Kier molecular flexibility index (Phi) is 1.47. The van der Waals surface area contributed by atoms with Crippen LogP contribution in [0.3, 0.4) is 0 Å². The number of hydrogen-bond donors (Lipinski definition) is 2. The van der Waals surface area contributed by atoms with Crippen molar-refractivity contribution in [2.45, 2.75) is 19.3 Å². The highest BCUT2D eigenvalue weighted by Gasteiger charge is 2.10. The van der Waals surface area contributed by atoms with Gasteiger partial charge in [-0.2, -0.15) is 0 Å². The maximum atomic E-state index is 3.16. The zero-order chi connectivity index (χ0) is 6.81. The van der Waals surface area contributed by atoms with E-state index in [0.717, 1.165) is 6.54 Å². The van der Waals surface area contributed by atoms with Crippen LogP contribution in [0.5, 0.6) is 0 Å². The molecule has 0 spiro atoms. The van der Waals surface area contributed by atoms with E-state index in [-0.39, 0.29) is 0 Å². The molecule has 1 aliphatic carbocycles. The summed E-state index contributed by atoms with van der Waals surface area (Å²) >= 11 is 0. The van der Waals surface area contributed by atoms with Gasteiger partial charge in [-0.15, -0.1) is 0 Å². The normalized spacial score (nSPS) is 24.0. The molecule has 0 bridgehead atoms. The van der Waals surface area contributed by atoms with Crippen molar-refractivity contribution >= 4 is 0 Å². The zero-order valence-electron chi connectivity index (χ0n) is 5.98. The maximum Gasteiger partial charge on any atom is 0.0476 e. The van der Waals surface area contributed by atoms with E-state index in [0.29, 0.717) is 0 Å². The summed E-state index contributed by atoms with van der Waals surface area (Å²) in [5.74, 6) is 0. The van der Waals surface area contributed by atoms with Gasteiger partial charge in [-0.3, -0.25) is 0 Å². The van der Waals surface area contributed by atoms with E-state index in [4.69, 9.17) is 0 Å². The molecule has 0 atom stereocenters. The van der Waals surface area contributed by atoms with Gasteiger partial charge < -0.3 is 5.43 Å². The van der Waals surface area contributed by atoms with Gasteiger partial charge in [0, 0.05) is 12.2 Å². The Morgan fingerprint density at radius 3 is 3.20 bits per heavy atom. The lowest BCUT2D eigenvalue weighted by atomic mass is 9.99. The predicted octanol–water partition coefficient (Wildman–Crippen LogP) is 1.09. The van der Waals surface area contributed by atoms with Gasteiger partial charge in [0.05, 0.1) is 0 Å². The monoisotopic (exact) mass is 136 g/mol. The standard InChI is InChI=1S/C8H12N2/c1-2-4-8-7(3-1)5-6-9-10-8/h2,4,9-10H,1,3,5-6H2. The van der Waals surface area contributed by atoms with E-state index < -0.39 is 0 Å². The van der Waals surface area contributed by atoms with Gasteiger partial charge in [0.25, 0.3) is 0 Å². The van der Waals surface area contributed by atoms with Crippen molar-refractivity contribution in [2.24, 2.45) is 0 Å². The first-order chi connectivity index (χ1) is 4.97. The van der Waals surface area contributed by atoms with E-state index in [2.05, 4.69) is 23.0 Å². The molecule has 2 N–H and O–H groups in total. The Bertz CT molecular complexity index is 191. The summed E-state index contributed by atoms with van der Waals surface area (Å²) in [5.41, 5.74) is 9.18. The van der Waals surface area contributed by atoms with Crippen molar-refractivity contribution in [1.29, 1.82) is 0 Å². The lowest BCUT2D eigenvalue weighted by Gasteiger charge is -2.23. The molecule has 0 aromatic carbocycles. The fourth-order valence-corrected chi connectivity index (χ4v) is 1.47. The molecule has 0 aromatic rings. The van der Waals surface area contributed by atoms with Crippen molar-refractivity contribution in [1.82, 2.24) is 10.9 Å². The van der Waals surface area contributed by atoms with E-state index >= 15 is 0 Å². The molecule has 1 aliphatic heterocycles. The molecule has 1 heterocycles. The van der Waals surface area contributed by atoms with Gasteiger partial charge in [0.2, 0.25) is 0 Å². The Balaban J connectivity index is 2.23. The minimum atomic E-state index is 1.08. The van der Waals surface area contributed by atoms with Crippen LogP contribution in [0, 0.1) is 0 Å². The van der Waals surface area contributed by atoms with Crippen LogP contribution in [0.1, 0.15) is 19.3 Å². The average molecular weight is 136 g/mol. The topological polar surface area (TPSA) is 24.1 Å². The summed E-state index contributed by atoms with van der Waals surface area (Å²) in [6, 6.07) is 0. The molecular weight excluding hydrogens is 124 g/mol. The van der Waals surface area contributed by atoms with Crippen molar-refractivity contribution in [2.75, 3.05) is 6.54 Å². The fourth-order valence-electron chi connectivity index (χ4n) is 1.47. The highest BCUT2D eigenvalue weighted by molar-refractivity contribution is 5.28. The second kappa shape index (κ2) is 2.46. The van der Waals surface area contributed by atoms with E-state index in [1.54, 1.807) is 5.57 Å². The lowest BCUT2D eigenvalue weighted by molar-refractivity contribution is 0.550. The van der Waals surface area contributed by atoms with E-state index in [1.165, 1.54) is 25.0 Å². The SMILES string of the molecule is C1=CC2=C(CC1)CCNN2. The van der Waals surface area contributed by atoms with Crippen molar-refractivity contribution in [3.8, 4) is 0 Å². The molecule has 0 unspecified atom stereocenters. The first kappa shape index (κ1) is 5.98. The largest absolute Gasteiger partial charge is 0.322 e. The second-order valence-corrected chi connectivity index (χ2v) is 2.76. The van der Waals surface area contributed by atoms with E-state index in [1.807, 2.05) is 0 Å². The number of allylic oxidation sites excluding steroid dienone is 2. The Labute approximate surface area is 61.0 Å². The molecule has 0 fully saturated rings. The van der Waals surface area contributed by atoms with Gasteiger partial charge >= 0.3 is 0 Å². The molecule has 2 heteroatoms. The predicted molar refractivity (Wildman–Crippen MR) is 41.2 cm³/mol. The molecule has 2 aliphatic rings. The molecule has 0 saturated heterocycles. The highest BCUT2D eigenvalue weighted by Crippen LogP contribution is 2.20. The number of rotatable bonds is 0. The van der Waals surface area contributed by atoms with Crippen LogP contribution in [0.25, 0.3) is 0 Å². The van der Waals surface area contributed by atoms with Gasteiger partial charge in [-0.05, 0) is 30.9 Å². The molecular formula is C8H12N2. The third-order valence-electron chi connectivity index (χ3n) is 2.05. The van der Waals surface area contributed by atoms with Gasteiger partial charge in [-0.25, -0.2) is 5.43 Å². The van der Waals surface area contributed by atoms with Crippen molar-refractivity contribution < 1.29 is 0 Å². The Morgan fingerprint density at radius 1 is 1.30 bits per heavy atom. The molecule has 54 valence electrons. The second-order valence-electron chi connectivity index (χ2n) is 2.76. The zero-order valence-corrected chi connectivity index (χ0v) is 5.98. The average Bonchev–Trinajstić information content (AvgIpc) is 2.05. The molecule has 2 nitrogen and oxygen atoms in total. The first-order valence-corrected chi connectivity index (χ1v) is 3.84. The van der Waals surface area contributed by atoms with Crippen LogP contribution in [0.4, 0.5) is 0 Å². The Morgan fingerprint density at radius 2 is 2.30 bits per heavy atom. The smallest absolute Gasteiger partial charge is 0.0476 e.